The highest BCUT2D eigenvalue weighted by Crippen LogP contribution is 2.13. The Labute approximate surface area is 92.1 Å². The van der Waals surface area contributed by atoms with E-state index < -0.39 is 5.97 Å². The van der Waals surface area contributed by atoms with Crippen LogP contribution in [-0.4, -0.2) is 34.8 Å². The Bertz CT molecular complexity index is 357. The van der Waals surface area contributed by atoms with Gasteiger partial charge in [0.25, 0.3) is 0 Å². The van der Waals surface area contributed by atoms with Crippen LogP contribution in [-0.2, 0) is 22.4 Å². The van der Waals surface area contributed by atoms with E-state index in [0.717, 1.165) is 0 Å². The van der Waals surface area contributed by atoms with Crippen molar-refractivity contribution in [3.63, 3.8) is 0 Å². The molecule has 0 amide bonds. The quantitative estimate of drug-likeness (QED) is 0.598. The van der Waals surface area contributed by atoms with E-state index in [1.54, 1.807) is 0 Å². The minimum absolute atomic E-state index is 0.0350. The molecule has 15 heavy (non-hydrogen) atoms. The summed E-state index contributed by atoms with van der Waals surface area (Å²) in [7, 11) is 1.30. The summed E-state index contributed by atoms with van der Waals surface area (Å²) in [5.74, 6) is 0.0616. The molecular formula is C9H11ClN2O3. The molecule has 0 bridgehead atoms. The first-order chi connectivity index (χ1) is 7.17. The number of methoxy groups -OCH3 is 1. The summed E-state index contributed by atoms with van der Waals surface area (Å²) < 4.78 is 4.49. The SMILES string of the molecule is COC(=O)Cc1cnc(CCO)nc1Cl. The van der Waals surface area contributed by atoms with Gasteiger partial charge in [-0.3, -0.25) is 4.79 Å². The fourth-order valence-electron chi connectivity index (χ4n) is 0.986. The van der Waals surface area contributed by atoms with E-state index in [9.17, 15) is 4.79 Å². The van der Waals surface area contributed by atoms with E-state index >= 15 is 0 Å². The van der Waals surface area contributed by atoms with E-state index in [-0.39, 0.29) is 18.2 Å². The lowest BCUT2D eigenvalue weighted by atomic mass is 10.2. The highest BCUT2D eigenvalue weighted by Gasteiger charge is 2.09. The second kappa shape index (κ2) is 5.63. The number of aromatic nitrogens is 2. The van der Waals surface area contributed by atoms with Gasteiger partial charge in [0.15, 0.2) is 0 Å². The smallest absolute Gasteiger partial charge is 0.310 e. The van der Waals surface area contributed by atoms with E-state index in [4.69, 9.17) is 16.7 Å². The fraction of sp³-hybridized carbons (Fsp3) is 0.444. The van der Waals surface area contributed by atoms with Crippen LogP contribution in [0.25, 0.3) is 0 Å². The van der Waals surface area contributed by atoms with Crippen LogP contribution in [0.15, 0.2) is 6.20 Å². The molecule has 5 nitrogen and oxygen atoms in total. The van der Waals surface area contributed by atoms with Crippen LogP contribution < -0.4 is 0 Å². The molecule has 0 spiro atoms. The second-order valence-corrected chi connectivity index (χ2v) is 3.19. The summed E-state index contributed by atoms with van der Waals surface area (Å²) in [5.41, 5.74) is 0.519. The second-order valence-electron chi connectivity index (χ2n) is 2.83. The summed E-state index contributed by atoms with van der Waals surface area (Å²) in [6, 6.07) is 0. The van der Waals surface area contributed by atoms with Crippen molar-refractivity contribution < 1.29 is 14.6 Å². The molecule has 1 heterocycles. The molecule has 0 fully saturated rings. The maximum absolute atomic E-state index is 11.0. The van der Waals surface area contributed by atoms with E-state index in [0.29, 0.717) is 17.8 Å². The van der Waals surface area contributed by atoms with Gasteiger partial charge in [-0.15, -0.1) is 0 Å². The number of aliphatic hydroxyl groups is 1. The topological polar surface area (TPSA) is 72.3 Å². The fourth-order valence-corrected chi connectivity index (χ4v) is 1.20. The number of ether oxygens (including phenoxy) is 1. The lowest BCUT2D eigenvalue weighted by Gasteiger charge is -2.03. The van der Waals surface area contributed by atoms with Crippen LogP contribution in [0.2, 0.25) is 5.15 Å². The van der Waals surface area contributed by atoms with Crippen LogP contribution in [0, 0.1) is 0 Å². The standard InChI is InChI=1S/C9H11ClN2O3/c1-15-8(14)4-6-5-11-7(2-3-13)12-9(6)10/h5,13H,2-4H2,1H3. The number of nitrogens with zero attached hydrogens (tertiary/aromatic N) is 2. The van der Waals surface area contributed by atoms with Gasteiger partial charge in [-0.2, -0.15) is 0 Å². The minimum atomic E-state index is -0.393. The zero-order chi connectivity index (χ0) is 11.3. The summed E-state index contributed by atoms with van der Waals surface area (Å²) in [6.45, 7) is -0.0350. The van der Waals surface area contributed by atoms with Gasteiger partial charge < -0.3 is 9.84 Å². The van der Waals surface area contributed by atoms with Crippen molar-refractivity contribution in [3.8, 4) is 0 Å². The van der Waals surface area contributed by atoms with Crippen molar-refractivity contribution >= 4 is 17.6 Å². The van der Waals surface area contributed by atoms with Crippen LogP contribution in [0.5, 0.6) is 0 Å². The van der Waals surface area contributed by atoms with Gasteiger partial charge in [0.1, 0.15) is 11.0 Å². The largest absolute Gasteiger partial charge is 0.469 e. The van der Waals surface area contributed by atoms with E-state index in [1.807, 2.05) is 0 Å². The van der Waals surface area contributed by atoms with Gasteiger partial charge in [-0.25, -0.2) is 9.97 Å². The molecule has 1 N–H and O–H groups in total. The molecule has 0 aliphatic carbocycles. The van der Waals surface area contributed by atoms with Crippen molar-refractivity contribution in [1.82, 2.24) is 9.97 Å². The summed E-state index contributed by atoms with van der Waals surface area (Å²) in [4.78, 5) is 18.9. The number of halogens is 1. The average Bonchev–Trinajstić information content (AvgIpc) is 2.22. The van der Waals surface area contributed by atoms with Crippen molar-refractivity contribution in [2.75, 3.05) is 13.7 Å². The average molecular weight is 231 g/mol. The Morgan fingerprint density at radius 1 is 1.67 bits per heavy atom. The van der Waals surface area contributed by atoms with Gasteiger partial charge in [-0.05, 0) is 0 Å². The molecule has 0 saturated heterocycles. The first-order valence-corrected chi connectivity index (χ1v) is 4.73. The molecular weight excluding hydrogens is 220 g/mol. The van der Waals surface area contributed by atoms with Crippen molar-refractivity contribution in [2.24, 2.45) is 0 Å². The molecule has 1 rings (SSSR count). The molecule has 0 saturated carbocycles. The normalized spacial score (nSPS) is 10.1. The van der Waals surface area contributed by atoms with Crippen LogP contribution >= 0.6 is 11.6 Å². The first-order valence-electron chi connectivity index (χ1n) is 4.35. The number of carbonyl (C=O) groups is 1. The van der Waals surface area contributed by atoms with Gasteiger partial charge in [0, 0.05) is 18.2 Å². The lowest BCUT2D eigenvalue weighted by molar-refractivity contribution is -0.139. The number of hydrogen-bond donors (Lipinski definition) is 1. The third-order valence-corrected chi connectivity index (χ3v) is 2.09. The Hall–Kier alpha value is -1.20. The lowest BCUT2D eigenvalue weighted by Crippen LogP contribution is -2.08. The zero-order valence-electron chi connectivity index (χ0n) is 8.23. The highest BCUT2D eigenvalue weighted by atomic mass is 35.5. The molecule has 0 aromatic carbocycles. The first kappa shape index (κ1) is 11.9. The number of hydrogen-bond acceptors (Lipinski definition) is 5. The number of carbonyl (C=O) groups excluding carboxylic acids is 1. The predicted octanol–water partition coefficient (Wildman–Crippen LogP) is 0.380. The highest BCUT2D eigenvalue weighted by molar-refractivity contribution is 6.30. The molecule has 1 aromatic rings. The van der Waals surface area contributed by atoms with E-state index in [2.05, 4.69) is 14.7 Å². The van der Waals surface area contributed by atoms with Crippen molar-refractivity contribution in [3.05, 3.63) is 22.7 Å². The third kappa shape index (κ3) is 3.45. The number of aliphatic hydroxyl groups excluding tert-OH is 1. The summed E-state index contributed by atoms with van der Waals surface area (Å²) >= 11 is 5.83. The Kier molecular flexibility index (Phi) is 4.45. The van der Waals surface area contributed by atoms with Crippen LogP contribution in [0.1, 0.15) is 11.4 Å². The molecule has 0 aliphatic heterocycles. The predicted molar refractivity (Wildman–Crippen MR) is 53.6 cm³/mol. The summed E-state index contributed by atoms with van der Waals surface area (Å²) in [6.07, 6.45) is 1.87. The summed E-state index contributed by atoms with van der Waals surface area (Å²) in [5, 5.41) is 8.89. The van der Waals surface area contributed by atoms with Crippen LogP contribution in [0.3, 0.4) is 0 Å². The van der Waals surface area contributed by atoms with Crippen molar-refractivity contribution in [2.45, 2.75) is 12.8 Å². The monoisotopic (exact) mass is 230 g/mol. The minimum Gasteiger partial charge on any atom is -0.469 e. The van der Waals surface area contributed by atoms with Gasteiger partial charge in [-0.1, -0.05) is 11.6 Å². The molecule has 1 aromatic heterocycles. The maximum Gasteiger partial charge on any atom is 0.310 e. The number of esters is 1. The maximum atomic E-state index is 11.0. The molecule has 0 unspecified atom stereocenters. The molecule has 6 heteroatoms. The zero-order valence-corrected chi connectivity index (χ0v) is 8.99. The number of rotatable bonds is 4. The van der Waals surface area contributed by atoms with Gasteiger partial charge in [0.2, 0.25) is 0 Å². The van der Waals surface area contributed by atoms with Crippen molar-refractivity contribution in [1.29, 1.82) is 0 Å². The Morgan fingerprint density at radius 2 is 2.40 bits per heavy atom. The molecule has 82 valence electrons. The molecule has 0 atom stereocenters. The molecule has 0 aliphatic rings. The van der Waals surface area contributed by atoms with E-state index in [1.165, 1.54) is 13.3 Å². The van der Waals surface area contributed by atoms with Gasteiger partial charge in [0.05, 0.1) is 20.1 Å². The van der Waals surface area contributed by atoms with Crippen LogP contribution in [0.4, 0.5) is 0 Å². The third-order valence-electron chi connectivity index (χ3n) is 1.76. The Balaban J connectivity index is 2.78. The van der Waals surface area contributed by atoms with Gasteiger partial charge >= 0.3 is 5.97 Å². The molecule has 0 radical (unpaired) electrons. The Morgan fingerprint density at radius 3 is 2.93 bits per heavy atom.